The van der Waals surface area contributed by atoms with E-state index in [0.717, 1.165) is 22.9 Å². The van der Waals surface area contributed by atoms with Gasteiger partial charge in [0.15, 0.2) is 5.69 Å². The Kier molecular flexibility index (Phi) is 3.80. The van der Waals surface area contributed by atoms with Crippen LogP contribution in [0.15, 0.2) is 36.4 Å². The number of carboxylic acid groups (broad SMARTS) is 1. The summed E-state index contributed by atoms with van der Waals surface area (Å²) in [7, 11) is 0. The van der Waals surface area contributed by atoms with Gasteiger partial charge in [0.2, 0.25) is 0 Å². The molecule has 2 aromatic carbocycles. The van der Waals surface area contributed by atoms with Gasteiger partial charge in [-0.05, 0) is 36.8 Å². The molecule has 0 atom stereocenters. The van der Waals surface area contributed by atoms with Crippen molar-refractivity contribution in [1.82, 2.24) is 15.0 Å². The van der Waals surface area contributed by atoms with Crippen LogP contribution in [0, 0.1) is 24.4 Å². The van der Waals surface area contributed by atoms with Gasteiger partial charge < -0.3 is 5.11 Å². The lowest BCUT2D eigenvalue weighted by molar-refractivity contribution is 0.0691. The Bertz CT molecular complexity index is 933. The minimum absolute atomic E-state index is 0.0733. The maximum atomic E-state index is 13.8. The second-order valence-electron chi connectivity index (χ2n) is 5.10. The van der Waals surface area contributed by atoms with Crippen LogP contribution in [-0.2, 0) is 0 Å². The molecule has 0 radical (unpaired) electrons. The molecule has 0 amide bonds. The molecule has 0 saturated heterocycles. The van der Waals surface area contributed by atoms with Crippen LogP contribution in [0.5, 0.6) is 0 Å². The largest absolute Gasteiger partial charge is 0.476 e. The van der Waals surface area contributed by atoms with Crippen molar-refractivity contribution in [3.63, 3.8) is 0 Å². The Hall–Kier alpha value is -3.16. The Morgan fingerprint density at radius 3 is 2.33 bits per heavy atom. The molecular formula is C16H10F3N3O2. The first-order valence-corrected chi connectivity index (χ1v) is 6.79. The van der Waals surface area contributed by atoms with E-state index in [1.807, 2.05) is 0 Å². The molecule has 1 heterocycles. The summed E-state index contributed by atoms with van der Waals surface area (Å²) in [5, 5.41) is 16.5. The smallest absolute Gasteiger partial charge is 0.358 e. The fourth-order valence-corrected chi connectivity index (χ4v) is 2.27. The Labute approximate surface area is 134 Å². The van der Waals surface area contributed by atoms with Gasteiger partial charge in [0.05, 0.1) is 5.69 Å². The molecule has 3 rings (SSSR count). The molecule has 0 spiro atoms. The first kappa shape index (κ1) is 15.7. The van der Waals surface area contributed by atoms with Crippen molar-refractivity contribution in [3.8, 4) is 16.9 Å². The van der Waals surface area contributed by atoms with E-state index in [4.69, 9.17) is 0 Å². The third kappa shape index (κ3) is 2.73. The lowest BCUT2D eigenvalue weighted by Crippen LogP contribution is -2.04. The number of carboxylic acids is 1. The van der Waals surface area contributed by atoms with Crippen molar-refractivity contribution in [2.24, 2.45) is 0 Å². The van der Waals surface area contributed by atoms with E-state index in [-0.39, 0.29) is 16.9 Å². The van der Waals surface area contributed by atoms with E-state index in [0.29, 0.717) is 11.6 Å². The average molecular weight is 333 g/mol. The molecule has 0 aliphatic carbocycles. The van der Waals surface area contributed by atoms with Crippen LogP contribution in [-0.4, -0.2) is 26.1 Å². The molecule has 122 valence electrons. The summed E-state index contributed by atoms with van der Waals surface area (Å²) >= 11 is 0. The highest BCUT2D eigenvalue weighted by Gasteiger charge is 2.23. The molecule has 1 aromatic heterocycles. The maximum Gasteiger partial charge on any atom is 0.358 e. The topological polar surface area (TPSA) is 68.0 Å². The van der Waals surface area contributed by atoms with Gasteiger partial charge in [0, 0.05) is 11.6 Å². The molecule has 0 aliphatic heterocycles. The number of hydrogen-bond donors (Lipinski definition) is 1. The summed E-state index contributed by atoms with van der Waals surface area (Å²) in [5.41, 5.74) is -0.158. The summed E-state index contributed by atoms with van der Waals surface area (Å²) < 4.78 is 41.8. The van der Waals surface area contributed by atoms with E-state index < -0.39 is 29.1 Å². The number of carbonyl (C=O) groups is 1. The number of rotatable bonds is 3. The van der Waals surface area contributed by atoms with E-state index in [2.05, 4.69) is 10.3 Å². The van der Waals surface area contributed by atoms with Crippen molar-refractivity contribution in [3.05, 3.63) is 65.1 Å². The summed E-state index contributed by atoms with van der Waals surface area (Å²) in [4.78, 5) is 11.4. The lowest BCUT2D eigenvalue weighted by Gasteiger charge is -2.09. The lowest BCUT2D eigenvalue weighted by atomic mass is 10.1. The third-order valence-corrected chi connectivity index (χ3v) is 3.41. The number of hydrogen-bond acceptors (Lipinski definition) is 3. The first-order chi connectivity index (χ1) is 11.4. The first-order valence-electron chi connectivity index (χ1n) is 6.79. The number of halogens is 3. The van der Waals surface area contributed by atoms with Crippen LogP contribution < -0.4 is 0 Å². The number of nitrogens with zero attached hydrogens (tertiary/aromatic N) is 3. The van der Waals surface area contributed by atoms with Gasteiger partial charge in [0.1, 0.15) is 23.1 Å². The van der Waals surface area contributed by atoms with Gasteiger partial charge in [0.25, 0.3) is 0 Å². The van der Waals surface area contributed by atoms with Crippen molar-refractivity contribution in [2.45, 2.75) is 6.92 Å². The quantitative estimate of drug-likeness (QED) is 0.798. The summed E-state index contributed by atoms with van der Waals surface area (Å²) in [6, 6.07) is 6.67. The number of aromatic nitrogens is 3. The van der Waals surface area contributed by atoms with E-state index in [1.165, 1.54) is 12.1 Å². The fourth-order valence-electron chi connectivity index (χ4n) is 2.27. The van der Waals surface area contributed by atoms with Crippen LogP contribution in [0.4, 0.5) is 13.2 Å². The maximum absolute atomic E-state index is 13.8. The zero-order valence-electron chi connectivity index (χ0n) is 12.3. The zero-order chi connectivity index (χ0) is 17.4. The highest BCUT2D eigenvalue weighted by Crippen LogP contribution is 2.27. The Balaban J connectivity index is 2.28. The van der Waals surface area contributed by atoms with Crippen molar-refractivity contribution in [1.29, 1.82) is 0 Å². The van der Waals surface area contributed by atoms with Gasteiger partial charge in [-0.3, -0.25) is 0 Å². The average Bonchev–Trinajstić information content (AvgIpc) is 2.94. The molecule has 0 unspecified atom stereocenters. The van der Waals surface area contributed by atoms with E-state index in [9.17, 15) is 23.1 Å². The molecule has 0 fully saturated rings. The third-order valence-electron chi connectivity index (χ3n) is 3.41. The molecule has 0 saturated carbocycles. The van der Waals surface area contributed by atoms with Gasteiger partial charge in [-0.15, -0.1) is 5.10 Å². The normalized spacial score (nSPS) is 10.8. The van der Waals surface area contributed by atoms with Crippen LogP contribution in [0.1, 0.15) is 16.1 Å². The van der Waals surface area contributed by atoms with Crippen LogP contribution in [0.25, 0.3) is 16.9 Å². The minimum atomic E-state index is -1.42. The monoisotopic (exact) mass is 333 g/mol. The number of benzene rings is 2. The molecule has 24 heavy (non-hydrogen) atoms. The van der Waals surface area contributed by atoms with Gasteiger partial charge in [-0.1, -0.05) is 11.3 Å². The standard InChI is InChI=1S/C16H10F3N3O2/c1-8-2-3-12(7-13(8)19)22-15(14(16(23)24)20-21-22)9-4-10(17)6-11(18)5-9/h2-7H,1H3,(H,23,24). The fraction of sp³-hybridized carbons (Fsp3) is 0.0625. The molecule has 1 N–H and O–H groups in total. The SMILES string of the molecule is Cc1ccc(-n2nnc(C(=O)O)c2-c2cc(F)cc(F)c2)cc1F. The second kappa shape index (κ2) is 5.80. The highest BCUT2D eigenvalue weighted by molar-refractivity contribution is 5.93. The summed E-state index contributed by atoms with van der Waals surface area (Å²) in [6.07, 6.45) is 0. The number of aromatic carboxylic acids is 1. The summed E-state index contributed by atoms with van der Waals surface area (Å²) in [5.74, 6) is -3.72. The molecule has 0 bridgehead atoms. The summed E-state index contributed by atoms with van der Waals surface area (Å²) in [6.45, 7) is 1.56. The Morgan fingerprint density at radius 2 is 1.75 bits per heavy atom. The van der Waals surface area contributed by atoms with Crippen molar-refractivity contribution >= 4 is 5.97 Å². The molecule has 3 aromatic rings. The van der Waals surface area contributed by atoms with E-state index in [1.54, 1.807) is 6.92 Å². The number of aryl methyl sites for hydroxylation is 1. The highest BCUT2D eigenvalue weighted by atomic mass is 19.1. The predicted octanol–water partition coefficient (Wildman–Crippen LogP) is 3.36. The predicted molar refractivity (Wildman–Crippen MR) is 78.4 cm³/mol. The minimum Gasteiger partial charge on any atom is -0.476 e. The van der Waals surface area contributed by atoms with Crippen molar-refractivity contribution in [2.75, 3.05) is 0 Å². The molecule has 8 heteroatoms. The second-order valence-corrected chi connectivity index (χ2v) is 5.10. The molecule has 0 aliphatic rings. The molecule has 5 nitrogen and oxygen atoms in total. The molecular weight excluding hydrogens is 323 g/mol. The van der Waals surface area contributed by atoms with Crippen LogP contribution in [0.2, 0.25) is 0 Å². The Morgan fingerprint density at radius 1 is 1.08 bits per heavy atom. The van der Waals surface area contributed by atoms with E-state index >= 15 is 0 Å². The van der Waals surface area contributed by atoms with Crippen LogP contribution >= 0.6 is 0 Å². The van der Waals surface area contributed by atoms with Crippen molar-refractivity contribution < 1.29 is 23.1 Å². The van der Waals surface area contributed by atoms with Crippen LogP contribution in [0.3, 0.4) is 0 Å². The van der Waals surface area contributed by atoms with Gasteiger partial charge in [-0.2, -0.15) is 0 Å². The van der Waals surface area contributed by atoms with Gasteiger partial charge in [-0.25, -0.2) is 22.6 Å². The van der Waals surface area contributed by atoms with Gasteiger partial charge >= 0.3 is 5.97 Å². The zero-order valence-corrected chi connectivity index (χ0v) is 12.3.